The Kier molecular flexibility index (Phi) is 7.14. The zero-order valence-corrected chi connectivity index (χ0v) is 19.0. The van der Waals surface area contributed by atoms with Crippen LogP contribution in [0.15, 0.2) is 48.7 Å². The van der Waals surface area contributed by atoms with Crippen LogP contribution >= 0.6 is 0 Å². The summed E-state index contributed by atoms with van der Waals surface area (Å²) < 4.78 is 5.63. The van der Waals surface area contributed by atoms with Crippen LogP contribution in [0.1, 0.15) is 71.0 Å². The van der Waals surface area contributed by atoms with Gasteiger partial charge in [0.2, 0.25) is 0 Å². The van der Waals surface area contributed by atoms with Gasteiger partial charge in [0.25, 0.3) is 0 Å². The van der Waals surface area contributed by atoms with Crippen LogP contribution in [0.2, 0.25) is 0 Å². The lowest BCUT2D eigenvalue weighted by Gasteiger charge is -2.31. The van der Waals surface area contributed by atoms with Gasteiger partial charge in [0.15, 0.2) is 0 Å². The highest BCUT2D eigenvalue weighted by atomic mass is 16.6. The molecule has 0 spiro atoms. The Labute approximate surface area is 181 Å². The maximum atomic E-state index is 12.8. The second kappa shape index (κ2) is 9.61. The number of pyridine rings is 1. The molecule has 1 aromatic carbocycles. The summed E-state index contributed by atoms with van der Waals surface area (Å²) in [6.07, 6.45) is 4.74. The summed E-state index contributed by atoms with van der Waals surface area (Å²) in [4.78, 5) is 21.7. The van der Waals surface area contributed by atoms with Crippen molar-refractivity contribution in [1.82, 2.24) is 9.88 Å². The predicted molar refractivity (Wildman–Crippen MR) is 122 cm³/mol. The van der Waals surface area contributed by atoms with Crippen LogP contribution in [0, 0.1) is 0 Å². The molecule has 5 heteroatoms. The summed E-state index contributed by atoms with van der Waals surface area (Å²) >= 11 is 0. The third-order valence-corrected chi connectivity index (χ3v) is 5.62. The summed E-state index contributed by atoms with van der Waals surface area (Å²) in [6, 6.07) is 15.1. The molecule has 5 nitrogen and oxygen atoms in total. The van der Waals surface area contributed by atoms with Crippen molar-refractivity contribution in [2.45, 2.75) is 78.1 Å². The molecule has 0 aliphatic carbocycles. The van der Waals surface area contributed by atoms with E-state index in [4.69, 9.17) is 4.74 Å². The van der Waals surface area contributed by atoms with E-state index in [-0.39, 0.29) is 12.1 Å². The molecule has 1 aliphatic rings. The van der Waals surface area contributed by atoms with Crippen molar-refractivity contribution in [3.63, 3.8) is 0 Å². The first-order chi connectivity index (χ1) is 14.3. The monoisotopic (exact) mass is 409 g/mol. The minimum Gasteiger partial charge on any atom is -0.443 e. The van der Waals surface area contributed by atoms with Gasteiger partial charge < -0.3 is 4.74 Å². The van der Waals surface area contributed by atoms with Crippen molar-refractivity contribution in [3.8, 4) is 0 Å². The summed E-state index contributed by atoms with van der Waals surface area (Å²) in [6.45, 7) is 11.8. The molecular weight excluding hydrogens is 374 g/mol. The highest BCUT2D eigenvalue weighted by molar-refractivity contribution is 5.87. The van der Waals surface area contributed by atoms with Gasteiger partial charge in [-0.05, 0) is 70.7 Å². The quantitative estimate of drug-likeness (QED) is 0.591. The number of likely N-dealkylation sites (tertiary alicyclic amines) is 1. The van der Waals surface area contributed by atoms with E-state index in [9.17, 15) is 4.79 Å². The van der Waals surface area contributed by atoms with Gasteiger partial charge in [-0.2, -0.15) is 0 Å². The number of carbonyl (C=O) groups excluding carboxylic acids is 1. The number of hydrogen-bond acceptors (Lipinski definition) is 4. The largest absolute Gasteiger partial charge is 0.443 e. The third-order valence-electron chi connectivity index (χ3n) is 5.62. The van der Waals surface area contributed by atoms with Crippen LogP contribution in [0.5, 0.6) is 0 Å². The molecule has 1 saturated heterocycles. The Morgan fingerprint density at radius 3 is 2.57 bits per heavy atom. The standard InChI is InChI=1S/C25H35N3O2/c1-6-19(2)28(24(29)30-25(3,4)5)23-15-14-21(17-26-23)22-13-10-16-27(22)18-20-11-8-7-9-12-20/h7-9,11-12,14-15,17,19,22H,6,10,13,16,18H2,1-5H3/t19-,22+/m0/s1. The second-order valence-corrected chi connectivity index (χ2v) is 9.17. The molecule has 2 atom stereocenters. The number of amides is 1. The second-order valence-electron chi connectivity index (χ2n) is 9.17. The van der Waals surface area contributed by atoms with Gasteiger partial charge in [-0.3, -0.25) is 9.80 Å². The fourth-order valence-electron chi connectivity index (χ4n) is 3.94. The highest BCUT2D eigenvalue weighted by Crippen LogP contribution is 2.33. The van der Waals surface area contributed by atoms with E-state index in [1.807, 2.05) is 40.0 Å². The number of hydrogen-bond donors (Lipinski definition) is 0. The van der Waals surface area contributed by atoms with Gasteiger partial charge in [0.1, 0.15) is 11.4 Å². The van der Waals surface area contributed by atoms with Crippen LogP contribution in [0.25, 0.3) is 0 Å². The SMILES string of the molecule is CC[C@H](C)N(C(=O)OC(C)(C)C)c1ccc([C@H]2CCCN2Cc2ccccc2)cn1. The van der Waals surface area contributed by atoms with Gasteiger partial charge in [-0.1, -0.05) is 43.3 Å². The van der Waals surface area contributed by atoms with E-state index < -0.39 is 5.60 Å². The normalized spacial score (nSPS) is 18.2. The minimum atomic E-state index is -0.537. The third kappa shape index (κ3) is 5.60. The molecule has 2 aromatic rings. The van der Waals surface area contributed by atoms with Gasteiger partial charge in [-0.15, -0.1) is 0 Å². The van der Waals surface area contributed by atoms with E-state index in [0.29, 0.717) is 11.9 Å². The first kappa shape index (κ1) is 22.3. The summed E-state index contributed by atoms with van der Waals surface area (Å²) in [5.41, 5.74) is 2.01. The van der Waals surface area contributed by atoms with Gasteiger partial charge in [0.05, 0.1) is 0 Å². The Bertz CT molecular complexity index is 815. The average Bonchev–Trinajstić information content (AvgIpc) is 3.16. The van der Waals surface area contributed by atoms with Crippen molar-refractivity contribution in [2.75, 3.05) is 11.4 Å². The van der Waals surface area contributed by atoms with Gasteiger partial charge >= 0.3 is 6.09 Å². The van der Waals surface area contributed by atoms with Crippen molar-refractivity contribution in [1.29, 1.82) is 0 Å². The van der Waals surface area contributed by atoms with Crippen molar-refractivity contribution in [2.24, 2.45) is 0 Å². The summed E-state index contributed by atoms with van der Waals surface area (Å²) in [5, 5.41) is 0. The number of ether oxygens (including phenoxy) is 1. The molecular formula is C25H35N3O2. The fourth-order valence-corrected chi connectivity index (χ4v) is 3.94. The Hall–Kier alpha value is -2.40. The molecule has 1 aromatic heterocycles. The molecule has 0 N–H and O–H groups in total. The Morgan fingerprint density at radius 2 is 1.97 bits per heavy atom. The first-order valence-corrected chi connectivity index (χ1v) is 11.0. The minimum absolute atomic E-state index is 0.0132. The molecule has 3 rings (SSSR count). The molecule has 0 bridgehead atoms. The number of carbonyl (C=O) groups is 1. The summed E-state index contributed by atoms with van der Waals surface area (Å²) in [7, 11) is 0. The molecule has 2 heterocycles. The van der Waals surface area contributed by atoms with E-state index in [0.717, 1.165) is 25.9 Å². The topological polar surface area (TPSA) is 45.7 Å². The van der Waals surface area contributed by atoms with Crippen molar-refractivity contribution >= 4 is 11.9 Å². The van der Waals surface area contributed by atoms with Crippen molar-refractivity contribution in [3.05, 3.63) is 59.8 Å². The molecule has 0 unspecified atom stereocenters. The molecule has 0 saturated carbocycles. The van der Waals surface area contributed by atoms with Crippen LogP contribution in [0.4, 0.5) is 10.6 Å². The van der Waals surface area contributed by atoms with Crippen LogP contribution < -0.4 is 4.90 Å². The lowest BCUT2D eigenvalue weighted by molar-refractivity contribution is 0.0566. The van der Waals surface area contributed by atoms with Crippen LogP contribution in [-0.4, -0.2) is 34.2 Å². The molecule has 162 valence electrons. The van der Waals surface area contributed by atoms with Crippen molar-refractivity contribution < 1.29 is 9.53 Å². The number of nitrogens with zero attached hydrogens (tertiary/aromatic N) is 3. The van der Waals surface area contributed by atoms with Crippen LogP contribution in [-0.2, 0) is 11.3 Å². The van der Waals surface area contributed by atoms with Gasteiger partial charge in [0, 0.05) is 24.8 Å². The molecule has 1 amide bonds. The molecule has 0 radical (unpaired) electrons. The van der Waals surface area contributed by atoms with Crippen LogP contribution in [0.3, 0.4) is 0 Å². The number of benzene rings is 1. The Balaban J connectivity index is 1.77. The number of aromatic nitrogens is 1. The zero-order valence-electron chi connectivity index (χ0n) is 19.0. The average molecular weight is 410 g/mol. The zero-order chi connectivity index (χ0) is 21.7. The Morgan fingerprint density at radius 1 is 1.23 bits per heavy atom. The number of anilines is 1. The van der Waals surface area contributed by atoms with E-state index in [1.165, 1.54) is 17.5 Å². The lowest BCUT2D eigenvalue weighted by Crippen LogP contribution is -2.42. The molecule has 30 heavy (non-hydrogen) atoms. The molecule has 1 aliphatic heterocycles. The fraction of sp³-hybridized carbons (Fsp3) is 0.520. The van der Waals surface area contributed by atoms with E-state index in [2.05, 4.69) is 53.2 Å². The van der Waals surface area contributed by atoms with E-state index >= 15 is 0 Å². The summed E-state index contributed by atoms with van der Waals surface area (Å²) in [5.74, 6) is 0.648. The lowest BCUT2D eigenvalue weighted by atomic mass is 10.1. The highest BCUT2D eigenvalue weighted by Gasteiger charge is 2.29. The first-order valence-electron chi connectivity index (χ1n) is 11.0. The maximum Gasteiger partial charge on any atom is 0.416 e. The van der Waals surface area contributed by atoms with E-state index in [1.54, 1.807) is 4.90 Å². The predicted octanol–water partition coefficient (Wildman–Crippen LogP) is 5.96. The smallest absolute Gasteiger partial charge is 0.416 e. The molecule has 1 fully saturated rings. The number of rotatable bonds is 6. The maximum absolute atomic E-state index is 12.8. The van der Waals surface area contributed by atoms with Gasteiger partial charge in [-0.25, -0.2) is 9.78 Å².